The highest BCUT2D eigenvalue weighted by atomic mass is 14.3. The molecule has 0 amide bonds. The molecule has 2 aromatic rings. The molecule has 1 aliphatic carbocycles. The Morgan fingerprint density at radius 1 is 0.577 bits per heavy atom. The Balaban J connectivity index is 1.49. The van der Waals surface area contributed by atoms with E-state index in [1.54, 1.807) is 0 Å². The summed E-state index contributed by atoms with van der Waals surface area (Å²) >= 11 is 0. The molecule has 0 unspecified atom stereocenters. The average molecular weight is 349 g/mol. The smallest absolute Gasteiger partial charge is 0.0184 e. The highest BCUT2D eigenvalue weighted by Crippen LogP contribution is 2.34. The first-order valence-corrected chi connectivity index (χ1v) is 11.0. The van der Waals surface area contributed by atoms with Crippen molar-refractivity contribution >= 4 is 0 Å². The summed E-state index contributed by atoms with van der Waals surface area (Å²) < 4.78 is 0. The van der Waals surface area contributed by atoms with Crippen LogP contribution in [0.4, 0.5) is 0 Å². The zero-order valence-electron chi connectivity index (χ0n) is 16.8. The molecule has 1 aliphatic rings. The van der Waals surface area contributed by atoms with E-state index in [0.29, 0.717) is 0 Å². The van der Waals surface area contributed by atoms with E-state index >= 15 is 0 Å². The highest BCUT2D eigenvalue weighted by molar-refractivity contribution is 5.63. The van der Waals surface area contributed by atoms with Crippen LogP contribution in [0.3, 0.4) is 0 Å². The minimum absolute atomic E-state index is 0.967. The van der Waals surface area contributed by atoms with Crippen LogP contribution in [0.25, 0.3) is 11.1 Å². The van der Waals surface area contributed by atoms with E-state index in [4.69, 9.17) is 0 Å². The summed E-state index contributed by atoms with van der Waals surface area (Å²) in [6, 6.07) is 18.4. The quantitative estimate of drug-likeness (QED) is 0.455. The summed E-state index contributed by atoms with van der Waals surface area (Å²) in [6.07, 6.45) is 13.7. The predicted octanol–water partition coefficient (Wildman–Crippen LogP) is 7.85. The van der Waals surface area contributed by atoms with Crippen molar-refractivity contribution in [3.05, 3.63) is 59.7 Å². The van der Waals surface area contributed by atoms with Gasteiger partial charge in [-0.3, -0.25) is 0 Å². The maximum Gasteiger partial charge on any atom is -0.0184 e. The van der Waals surface area contributed by atoms with Crippen LogP contribution in [0, 0.1) is 11.8 Å². The van der Waals surface area contributed by atoms with Crippen LogP contribution in [0.15, 0.2) is 48.5 Å². The summed E-state index contributed by atoms with van der Waals surface area (Å²) in [5.74, 6) is 1.99. The Morgan fingerprint density at radius 2 is 1.04 bits per heavy atom. The lowest BCUT2D eigenvalue weighted by Crippen LogP contribution is -2.15. The minimum Gasteiger partial charge on any atom is -0.0654 e. The maximum atomic E-state index is 2.35. The third kappa shape index (κ3) is 5.47. The van der Waals surface area contributed by atoms with E-state index in [1.165, 1.54) is 86.5 Å². The summed E-state index contributed by atoms with van der Waals surface area (Å²) in [7, 11) is 0. The summed E-state index contributed by atoms with van der Waals surface area (Å²) in [5.41, 5.74) is 5.64. The van der Waals surface area contributed by atoms with Gasteiger partial charge in [-0.25, -0.2) is 0 Å². The lowest BCUT2D eigenvalue weighted by atomic mass is 9.78. The van der Waals surface area contributed by atoms with E-state index in [2.05, 4.69) is 62.4 Å². The molecule has 26 heavy (non-hydrogen) atoms. The molecule has 0 bridgehead atoms. The molecule has 0 saturated heterocycles. The van der Waals surface area contributed by atoms with Gasteiger partial charge < -0.3 is 0 Å². The van der Waals surface area contributed by atoms with Gasteiger partial charge in [-0.15, -0.1) is 0 Å². The molecule has 3 rings (SSSR count). The van der Waals surface area contributed by atoms with Crippen LogP contribution in [-0.4, -0.2) is 0 Å². The fraction of sp³-hybridized carbons (Fsp3) is 0.538. The molecule has 0 N–H and O–H groups in total. The van der Waals surface area contributed by atoms with E-state index in [1.807, 2.05) is 0 Å². The van der Waals surface area contributed by atoms with Gasteiger partial charge in [0.05, 0.1) is 0 Å². The first-order valence-electron chi connectivity index (χ1n) is 11.0. The van der Waals surface area contributed by atoms with Gasteiger partial charge in [-0.1, -0.05) is 107 Å². The van der Waals surface area contributed by atoms with Crippen LogP contribution in [0.5, 0.6) is 0 Å². The SMILES string of the molecule is CCCc1ccc(-c2ccc(CCC3CCC(CCC)CC3)cc2)cc1. The molecule has 0 aliphatic heterocycles. The van der Waals surface area contributed by atoms with Crippen molar-refractivity contribution in [3.63, 3.8) is 0 Å². The van der Waals surface area contributed by atoms with Gasteiger partial charge in [0.15, 0.2) is 0 Å². The van der Waals surface area contributed by atoms with Crippen LogP contribution >= 0.6 is 0 Å². The fourth-order valence-electron chi connectivity index (χ4n) is 4.60. The second-order valence-corrected chi connectivity index (χ2v) is 8.36. The second kappa shape index (κ2) is 9.95. The lowest BCUT2D eigenvalue weighted by molar-refractivity contribution is 0.252. The molecule has 1 fully saturated rings. The zero-order chi connectivity index (χ0) is 18.2. The molecule has 0 heterocycles. The number of hydrogen-bond donors (Lipinski definition) is 0. The number of benzene rings is 2. The van der Waals surface area contributed by atoms with Crippen molar-refractivity contribution in [1.29, 1.82) is 0 Å². The van der Waals surface area contributed by atoms with Gasteiger partial charge in [-0.2, -0.15) is 0 Å². The third-order valence-electron chi connectivity index (χ3n) is 6.28. The normalized spacial score (nSPS) is 20.2. The Hall–Kier alpha value is -1.56. The Kier molecular flexibility index (Phi) is 7.35. The van der Waals surface area contributed by atoms with Crippen molar-refractivity contribution in [1.82, 2.24) is 0 Å². The second-order valence-electron chi connectivity index (χ2n) is 8.36. The van der Waals surface area contributed by atoms with Gasteiger partial charge in [0.25, 0.3) is 0 Å². The summed E-state index contributed by atoms with van der Waals surface area (Å²) in [4.78, 5) is 0. The summed E-state index contributed by atoms with van der Waals surface area (Å²) in [6.45, 7) is 4.57. The van der Waals surface area contributed by atoms with Crippen LogP contribution < -0.4 is 0 Å². The van der Waals surface area contributed by atoms with Crippen molar-refractivity contribution in [2.24, 2.45) is 11.8 Å². The molecule has 0 radical (unpaired) electrons. The fourth-order valence-corrected chi connectivity index (χ4v) is 4.60. The van der Waals surface area contributed by atoms with Crippen LogP contribution in [0.1, 0.15) is 76.3 Å². The van der Waals surface area contributed by atoms with Crippen molar-refractivity contribution in [3.8, 4) is 11.1 Å². The van der Waals surface area contributed by atoms with Gasteiger partial charge in [0, 0.05) is 0 Å². The van der Waals surface area contributed by atoms with E-state index in [0.717, 1.165) is 11.8 Å². The molecular weight excluding hydrogens is 312 g/mol. The zero-order valence-corrected chi connectivity index (χ0v) is 16.8. The highest BCUT2D eigenvalue weighted by Gasteiger charge is 2.20. The minimum atomic E-state index is 0.967. The Labute approximate surface area is 161 Å². The van der Waals surface area contributed by atoms with Gasteiger partial charge in [0.1, 0.15) is 0 Å². The monoisotopic (exact) mass is 348 g/mol. The van der Waals surface area contributed by atoms with Crippen molar-refractivity contribution in [2.75, 3.05) is 0 Å². The van der Waals surface area contributed by atoms with Gasteiger partial charge in [0.2, 0.25) is 0 Å². The van der Waals surface area contributed by atoms with E-state index < -0.39 is 0 Å². The molecule has 140 valence electrons. The average Bonchev–Trinajstić information content (AvgIpc) is 2.69. The number of hydrogen-bond acceptors (Lipinski definition) is 0. The topological polar surface area (TPSA) is 0 Å². The Bertz CT molecular complexity index is 627. The maximum absolute atomic E-state index is 2.35. The Morgan fingerprint density at radius 3 is 1.50 bits per heavy atom. The van der Waals surface area contributed by atoms with E-state index in [9.17, 15) is 0 Å². The van der Waals surface area contributed by atoms with Gasteiger partial charge in [-0.05, 0) is 53.4 Å². The molecule has 0 heteroatoms. The predicted molar refractivity (Wildman–Crippen MR) is 115 cm³/mol. The van der Waals surface area contributed by atoms with Crippen LogP contribution in [0.2, 0.25) is 0 Å². The first-order chi connectivity index (χ1) is 12.8. The molecule has 2 aromatic carbocycles. The first kappa shape index (κ1) is 19.2. The summed E-state index contributed by atoms with van der Waals surface area (Å²) in [5, 5.41) is 0. The van der Waals surface area contributed by atoms with E-state index in [-0.39, 0.29) is 0 Å². The van der Waals surface area contributed by atoms with Crippen molar-refractivity contribution < 1.29 is 0 Å². The molecule has 0 nitrogen and oxygen atoms in total. The molecule has 0 aromatic heterocycles. The molecule has 1 saturated carbocycles. The standard InChI is InChI=1S/C26H36/c1-3-5-21-7-9-23(10-8-21)11-12-24-15-19-26(20-16-24)25-17-13-22(6-4-2)14-18-25/h13-21,23H,3-12H2,1-2H3. The lowest BCUT2D eigenvalue weighted by Gasteiger charge is -2.28. The van der Waals surface area contributed by atoms with Crippen molar-refractivity contribution in [2.45, 2.75) is 78.1 Å². The molecular formula is C26H36. The molecule has 0 atom stereocenters. The molecule has 0 spiro atoms. The van der Waals surface area contributed by atoms with Gasteiger partial charge >= 0.3 is 0 Å². The largest absolute Gasteiger partial charge is 0.0654 e. The van der Waals surface area contributed by atoms with Crippen LogP contribution in [-0.2, 0) is 12.8 Å². The third-order valence-corrected chi connectivity index (χ3v) is 6.28. The number of rotatable bonds is 8. The number of aryl methyl sites for hydroxylation is 2.